The molecule has 2 aromatic carbocycles. The lowest BCUT2D eigenvalue weighted by molar-refractivity contribution is 0.627. The summed E-state index contributed by atoms with van der Waals surface area (Å²) in [5.74, 6) is 0.939. The predicted molar refractivity (Wildman–Crippen MR) is 98.9 cm³/mol. The van der Waals surface area contributed by atoms with Crippen LogP contribution in [0.25, 0.3) is 11.1 Å². The lowest BCUT2D eigenvalue weighted by Crippen LogP contribution is -2.14. The van der Waals surface area contributed by atoms with E-state index < -0.39 is 8.15 Å². The van der Waals surface area contributed by atoms with Crippen molar-refractivity contribution in [3.63, 3.8) is 0 Å². The van der Waals surface area contributed by atoms with Gasteiger partial charge in [0.25, 0.3) is 0 Å². The van der Waals surface area contributed by atoms with Crippen LogP contribution in [0.5, 0.6) is 5.75 Å². The summed E-state index contributed by atoms with van der Waals surface area (Å²) in [4.78, 5) is 0. The Morgan fingerprint density at radius 3 is 2.27 bits per heavy atom. The highest BCUT2D eigenvalue weighted by Gasteiger charge is 2.27. The fourth-order valence-corrected chi connectivity index (χ4v) is 4.21. The molecule has 1 aliphatic rings. The maximum absolute atomic E-state index is 6.24. The number of hydrogen-bond acceptors (Lipinski definition) is 1. The highest BCUT2D eigenvalue weighted by molar-refractivity contribution is 7.66. The minimum Gasteiger partial charge on any atom is -0.464 e. The highest BCUT2D eigenvalue weighted by Crippen LogP contribution is 2.53. The Bertz CT molecular complexity index is 700. The van der Waals surface area contributed by atoms with Crippen LogP contribution in [0, 0.1) is 0 Å². The van der Waals surface area contributed by atoms with Crippen molar-refractivity contribution in [1.29, 1.82) is 0 Å². The van der Waals surface area contributed by atoms with Crippen LogP contribution in [0.3, 0.4) is 0 Å². The molecule has 2 aromatic rings. The summed E-state index contributed by atoms with van der Waals surface area (Å²) >= 11 is 0. The van der Waals surface area contributed by atoms with Gasteiger partial charge in [-0.2, -0.15) is 0 Å². The Labute approximate surface area is 134 Å². The molecule has 112 valence electrons. The summed E-state index contributed by atoms with van der Waals surface area (Å²) in [7, 11) is -0.872. The standard InChI is InChI=1S/C18H15OP.C2H6/c1-3-9-14(4-2)20-18-13-8-6-11-16(18)15-10-5-7-12-17(15)19-20;1-2/h3-13H,1-2H2;1-2H3/b14-9+;. The number of para-hydroxylation sites is 1. The highest BCUT2D eigenvalue weighted by atomic mass is 31.1. The Hall–Kier alpha value is -2.11. The van der Waals surface area contributed by atoms with Gasteiger partial charge in [0.05, 0.1) is 0 Å². The van der Waals surface area contributed by atoms with E-state index in [1.807, 2.05) is 44.2 Å². The summed E-state index contributed by atoms with van der Waals surface area (Å²) in [5.41, 5.74) is 2.40. The number of rotatable bonds is 3. The number of fused-ring (bicyclic) bond motifs is 3. The second-order valence-corrected chi connectivity index (χ2v) is 6.20. The third kappa shape index (κ3) is 3.05. The molecule has 1 unspecified atom stereocenters. The van der Waals surface area contributed by atoms with E-state index in [0.29, 0.717) is 0 Å². The summed E-state index contributed by atoms with van der Waals surface area (Å²) in [6, 6.07) is 16.6. The lowest BCUT2D eigenvalue weighted by atomic mass is 10.0. The monoisotopic (exact) mass is 308 g/mol. The van der Waals surface area contributed by atoms with Crippen LogP contribution >= 0.6 is 8.15 Å². The minimum atomic E-state index is -0.872. The van der Waals surface area contributed by atoms with Crippen molar-refractivity contribution in [2.45, 2.75) is 13.8 Å². The van der Waals surface area contributed by atoms with Crippen molar-refractivity contribution in [3.05, 3.63) is 85.2 Å². The smallest absolute Gasteiger partial charge is 0.151 e. The van der Waals surface area contributed by atoms with Crippen LogP contribution in [-0.4, -0.2) is 0 Å². The number of benzene rings is 2. The molecule has 0 amide bonds. The first-order valence-electron chi connectivity index (χ1n) is 7.47. The van der Waals surface area contributed by atoms with Gasteiger partial charge >= 0.3 is 0 Å². The largest absolute Gasteiger partial charge is 0.464 e. The Balaban J connectivity index is 0.000000847. The second-order valence-electron chi connectivity index (χ2n) is 4.43. The van der Waals surface area contributed by atoms with Gasteiger partial charge < -0.3 is 4.52 Å². The third-order valence-electron chi connectivity index (χ3n) is 3.22. The maximum atomic E-state index is 6.24. The van der Waals surface area contributed by atoms with Crippen molar-refractivity contribution in [3.8, 4) is 16.9 Å². The van der Waals surface area contributed by atoms with Crippen molar-refractivity contribution in [2.75, 3.05) is 0 Å². The van der Waals surface area contributed by atoms with Gasteiger partial charge in [-0.15, -0.1) is 0 Å². The van der Waals surface area contributed by atoms with E-state index in [2.05, 4.69) is 43.5 Å². The van der Waals surface area contributed by atoms with Crippen molar-refractivity contribution >= 4 is 13.5 Å². The molecule has 0 radical (unpaired) electrons. The first-order chi connectivity index (χ1) is 10.8. The van der Waals surface area contributed by atoms with Crippen LogP contribution in [-0.2, 0) is 0 Å². The SMILES string of the molecule is C=C/C=C(\C=C)P1Oc2ccccc2-c2ccccc21.CC. The average molecular weight is 308 g/mol. The van der Waals surface area contributed by atoms with E-state index in [0.717, 1.165) is 16.6 Å². The van der Waals surface area contributed by atoms with Gasteiger partial charge in [0, 0.05) is 16.2 Å². The van der Waals surface area contributed by atoms with E-state index in [9.17, 15) is 0 Å². The van der Waals surface area contributed by atoms with Crippen LogP contribution in [0.1, 0.15) is 13.8 Å². The van der Waals surface area contributed by atoms with E-state index in [-0.39, 0.29) is 0 Å². The summed E-state index contributed by atoms with van der Waals surface area (Å²) in [6.45, 7) is 11.7. The molecule has 0 aromatic heterocycles. The zero-order valence-electron chi connectivity index (χ0n) is 13.1. The predicted octanol–water partition coefficient (Wildman–Crippen LogP) is 6.05. The van der Waals surface area contributed by atoms with Gasteiger partial charge in [0.2, 0.25) is 0 Å². The van der Waals surface area contributed by atoms with Gasteiger partial charge in [-0.05, 0) is 11.6 Å². The van der Waals surface area contributed by atoms with Crippen molar-refractivity contribution in [2.24, 2.45) is 0 Å². The molecule has 1 aliphatic heterocycles. The van der Waals surface area contributed by atoms with Crippen molar-refractivity contribution in [1.82, 2.24) is 0 Å². The molecule has 3 rings (SSSR count). The minimum absolute atomic E-state index is 0.872. The molecule has 22 heavy (non-hydrogen) atoms. The average Bonchev–Trinajstić information content (AvgIpc) is 2.61. The van der Waals surface area contributed by atoms with Crippen LogP contribution in [0.15, 0.2) is 85.2 Å². The van der Waals surface area contributed by atoms with Gasteiger partial charge in [-0.3, -0.25) is 0 Å². The van der Waals surface area contributed by atoms with Crippen LogP contribution in [0.2, 0.25) is 0 Å². The van der Waals surface area contributed by atoms with Crippen LogP contribution in [0.4, 0.5) is 0 Å². The first-order valence-corrected chi connectivity index (χ1v) is 8.73. The van der Waals surface area contributed by atoms with Gasteiger partial charge in [0.1, 0.15) is 5.75 Å². The number of hydrogen-bond donors (Lipinski definition) is 0. The first kappa shape index (κ1) is 16.3. The molecule has 0 saturated carbocycles. The molecule has 0 bridgehead atoms. The fourth-order valence-electron chi connectivity index (χ4n) is 2.33. The molecule has 0 N–H and O–H groups in total. The summed E-state index contributed by atoms with van der Waals surface area (Å²) in [5, 5.41) is 2.31. The molecular weight excluding hydrogens is 287 g/mol. The van der Waals surface area contributed by atoms with Gasteiger partial charge in [0.15, 0.2) is 8.15 Å². The Morgan fingerprint density at radius 1 is 0.955 bits per heavy atom. The molecule has 1 heterocycles. The third-order valence-corrected chi connectivity index (χ3v) is 5.23. The van der Waals surface area contributed by atoms with Gasteiger partial charge in [-0.1, -0.05) is 87.7 Å². The van der Waals surface area contributed by atoms with E-state index in [1.54, 1.807) is 6.08 Å². The molecule has 0 aliphatic carbocycles. The molecule has 1 atom stereocenters. The maximum Gasteiger partial charge on any atom is 0.151 e. The molecule has 2 heteroatoms. The quantitative estimate of drug-likeness (QED) is 0.495. The van der Waals surface area contributed by atoms with Gasteiger partial charge in [-0.25, -0.2) is 0 Å². The molecule has 0 fully saturated rings. The van der Waals surface area contributed by atoms with E-state index in [4.69, 9.17) is 4.52 Å². The molecular formula is C20H21OP. The Morgan fingerprint density at radius 2 is 1.59 bits per heavy atom. The molecule has 0 saturated heterocycles. The normalized spacial score (nSPS) is 15.4. The molecule has 0 spiro atoms. The topological polar surface area (TPSA) is 9.23 Å². The van der Waals surface area contributed by atoms with E-state index >= 15 is 0 Å². The fraction of sp³-hybridized carbons (Fsp3) is 0.100. The second kappa shape index (κ2) is 7.77. The zero-order chi connectivity index (χ0) is 15.9. The zero-order valence-corrected chi connectivity index (χ0v) is 14.0. The number of allylic oxidation sites excluding steroid dienone is 4. The van der Waals surface area contributed by atoms with Crippen molar-refractivity contribution < 1.29 is 4.52 Å². The summed E-state index contributed by atoms with van der Waals surface area (Å²) in [6.07, 6.45) is 5.62. The summed E-state index contributed by atoms with van der Waals surface area (Å²) < 4.78 is 6.24. The van der Waals surface area contributed by atoms with Crippen LogP contribution < -0.4 is 9.83 Å². The lowest BCUT2D eigenvalue weighted by Gasteiger charge is -2.28. The van der Waals surface area contributed by atoms with E-state index in [1.165, 1.54) is 10.9 Å². The molecule has 1 nitrogen and oxygen atoms in total. The Kier molecular flexibility index (Phi) is 5.75.